The van der Waals surface area contributed by atoms with Gasteiger partial charge in [0, 0.05) is 0 Å². The molecule has 0 bridgehead atoms. The van der Waals surface area contributed by atoms with Crippen molar-refractivity contribution in [1.29, 1.82) is 0 Å². The number of thioether (sulfide) groups is 1. The minimum Gasteiger partial charge on any atom is -0.349 e. The van der Waals surface area contributed by atoms with Gasteiger partial charge in [-0.05, 0) is 36.1 Å². The van der Waals surface area contributed by atoms with Crippen molar-refractivity contribution >= 4 is 39.2 Å². The van der Waals surface area contributed by atoms with Crippen molar-refractivity contribution in [3.8, 4) is 0 Å². The number of benzene rings is 2. The van der Waals surface area contributed by atoms with Crippen LogP contribution < -0.4 is 5.32 Å². The molecule has 1 aliphatic carbocycles. The van der Waals surface area contributed by atoms with Gasteiger partial charge in [0.05, 0.1) is 22.0 Å². The van der Waals surface area contributed by atoms with E-state index in [1.54, 1.807) is 11.3 Å². The lowest BCUT2D eigenvalue weighted by Crippen LogP contribution is -2.28. The molecule has 0 fully saturated rings. The second-order valence-corrected chi connectivity index (χ2v) is 7.85. The van der Waals surface area contributed by atoms with Crippen molar-refractivity contribution in [3.05, 3.63) is 59.7 Å². The first-order valence-corrected chi connectivity index (χ1v) is 9.45. The van der Waals surface area contributed by atoms with E-state index < -0.39 is 0 Å². The number of nitrogens with one attached hydrogen (secondary N) is 1. The zero-order valence-corrected chi connectivity index (χ0v) is 14.1. The Morgan fingerprint density at radius 1 is 1.22 bits per heavy atom. The first-order valence-electron chi connectivity index (χ1n) is 7.65. The van der Waals surface area contributed by atoms with Gasteiger partial charge in [-0.1, -0.05) is 48.2 Å². The number of para-hydroxylation sites is 1. The fourth-order valence-corrected chi connectivity index (χ4v) is 4.86. The minimum absolute atomic E-state index is 0.0796. The van der Waals surface area contributed by atoms with Crippen LogP contribution in [0.1, 0.15) is 23.6 Å². The smallest absolute Gasteiger partial charge is 0.230 e. The zero-order chi connectivity index (χ0) is 15.6. The van der Waals surface area contributed by atoms with E-state index >= 15 is 0 Å². The fourth-order valence-electron chi connectivity index (χ4n) is 2.98. The zero-order valence-electron chi connectivity index (χ0n) is 12.5. The Bertz CT molecular complexity index is 826. The normalized spacial score (nSPS) is 16.4. The highest BCUT2D eigenvalue weighted by Crippen LogP contribution is 2.32. The van der Waals surface area contributed by atoms with Gasteiger partial charge in [0.1, 0.15) is 0 Å². The van der Waals surface area contributed by atoms with E-state index in [1.165, 1.54) is 27.6 Å². The van der Waals surface area contributed by atoms with Crippen LogP contribution in [0.2, 0.25) is 0 Å². The van der Waals surface area contributed by atoms with Gasteiger partial charge in [0.2, 0.25) is 5.91 Å². The third-order valence-electron chi connectivity index (χ3n) is 4.07. The summed E-state index contributed by atoms with van der Waals surface area (Å²) in [5.41, 5.74) is 3.63. The molecule has 3 aromatic rings. The highest BCUT2D eigenvalue weighted by molar-refractivity contribution is 8.01. The summed E-state index contributed by atoms with van der Waals surface area (Å²) in [6.07, 6.45) is 2.04. The van der Waals surface area contributed by atoms with Gasteiger partial charge in [-0.15, -0.1) is 11.3 Å². The summed E-state index contributed by atoms with van der Waals surface area (Å²) in [5.74, 6) is 0.495. The molecule has 1 aromatic heterocycles. The third kappa shape index (κ3) is 3.12. The number of carbonyl (C=O) groups is 1. The Kier molecular flexibility index (Phi) is 4.06. The summed E-state index contributed by atoms with van der Waals surface area (Å²) in [6.45, 7) is 0. The summed E-state index contributed by atoms with van der Waals surface area (Å²) in [6, 6.07) is 16.6. The molecule has 5 heteroatoms. The first kappa shape index (κ1) is 14.7. The molecule has 0 radical (unpaired) electrons. The van der Waals surface area contributed by atoms with E-state index in [0.717, 1.165) is 22.7 Å². The van der Waals surface area contributed by atoms with E-state index in [9.17, 15) is 4.79 Å². The number of thiazole rings is 1. The van der Waals surface area contributed by atoms with Crippen molar-refractivity contribution < 1.29 is 4.79 Å². The molecule has 0 aliphatic heterocycles. The van der Waals surface area contributed by atoms with Crippen LogP contribution in [0.5, 0.6) is 0 Å². The molecule has 0 saturated carbocycles. The van der Waals surface area contributed by atoms with Gasteiger partial charge < -0.3 is 5.32 Å². The highest BCUT2D eigenvalue weighted by atomic mass is 32.2. The van der Waals surface area contributed by atoms with Gasteiger partial charge in [0.25, 0.3) is 0 Å². The van der Waals surface area contributed by atoms with Crippen LogP contribution >= 0.6 is 23.1 Å². The van der Waals surface area contributed by atoms with Crippen molar-refractivity contribution in [2.45, 2.75) is 23.2 Å². The molecule has 1 atom stereocenters. The Morgan fingerprint density at radius 2 is 2.04 bits per heavy atom. The number of rotatable bonds is 4. The van der Waals surface area contributed by atoms with Crippen LogP contribution in [0.3, 0.4) is 0 Å². The topological polar surface area (TPSA) is 42.0 Å². The predicted molar refractivity (Wildman–Crippen MR) is 96.0 cm³/mol. The maximum absolute atomic E-state index is 12.2. The number of amides is 1. The van der Waals surface area contributed by atoms with Gasteiger partial charge >= 0.3 is 0 Å². The molecule has 2 aromatic carbocycles. The molecule has 1 aliphatic rings. The number of hydrogen-bond donors (Lipinski definition) is 1. The van der Waals surface area contributed by atoms with Crippen LogP contribution in [-0.4, -0.2) is 16.6 Å². The van der Waals surface area contributed by atoms with Gasteiger partial charge in [0.15, 0.2) is 4.34 Å². The quantitative estimate of drug-likeness (QED) is 0.724. The molecule has 116 valence electrons. The van der Waals surface area contributed by atoms with E-state index in [-0.39, 0.29) is 11.9 Å². The van der Waals surface area contributed by atoms with Gasteiger partial charge in [-0.25, -0.2) is 4.98 Å². The number of hydrogen-bond acceptors (Lipinski definition) is 4. The van der Waals surface area contributed by atoms with E-state index in [1.807, 2.05) is 24.3 Å². The van der Waals surface area contributed by atoms with Crippen molar-refractivity contribution in [2.75, 3.05) is 5.75 Å². The lowest BCUT2D eigenvalue weighted by Gasteiger charge is -2.13. The molecule has 4 rings (SSSR count). The van der Waals surface area contributed by atoms with Crippen LogP contribution in [0.15, 0.2) is 52.9 Å². The highest BCUT2D eigenvalue weighted by Gasteiger charge is 2.23. The summed E-state index contributed by atoms with van der Waals surface area (Å²) in [5, 5.41) is 3.16. The molecule has 1 N–H and O–H groups in total. The summed E-state index contributed by atoms with van der Waals surface area (Å²) >= 11 is 3.16. The molecule has 0 saturated heterocycles. The first-order chi connectivity index (χ1) is 11.3. The molecule has 1 heterocycles. The maximum Gasteiger partial charge on any atom is 0.230 e. The number of fused-ring (bicyclic) bond motifs is 2. The minimum atomic E-state index is 0.0796. The van der Waals surface area contributed by atoms with Gasteiger partial charge in [-0.3, -0.25) is 4.79 Å². The second kappa shape index (κ2) is 6.34. The van der Waals surface area contributed by atoms with Crippen molar-refractivity contribution in [3.63, 3.8) is 0 Å². The summed E-state index contributed by atoms with van der Waals surface area (Å²) in [4.78, 5) is 16.8. The maximum atomic E-state index is 12.2. The van der Waals surface area contributed by atoms with E-state index in [2.05, 4.69) is 34.6 Å². The number of nitrogens with zero attached hydrogens (tertiary/aromatic N) is 1. The Balaban J connectivity index is 1.37. The lowest BCUT2D eigenvalue weighted by molar-refractivity contribution is -0.119. The lowest BCUT2D eigenvalue weighted by atomic mass is 10.1. The Labute approximate surface area is 143 Å². The molecular weight excluding hydrogens is 324 g/mol. The fraction of sp³-hybridized carbons (Fsp3) is 0.222. The third-order valence-corrected chi connectivity index (χ3v) is 6.25. The SMILES string of the molecule is O=C(CSc1nc2ccccc2s1)N[C@@H]1CCc2ccccc21. The standard InChI is InChI=1S/C18H16N2OS2/c21-17(19-14-10-9-12-5-1-2-6-13(12)14)11-22-18-20-15-7-3-4-8-16(15)23-18/h1-8,14H,9-11H2,(H,19,21)/t14-/m1/s1. The summed E-state index contributed by atoms with van der Waals surface area (Å²) in [7, 11) is 0. The van der Waals surface area contributed by atoms with E-state index in [0.29, 0.717) is 5.75 Å². The molecular formula is C18H16N2OS2. The van der Waals surface area contributed by atoms with Crippen LogP contribution in [-0.2, 0) is 11.2 Å². The van der Waals surface area contributed by atoms with Crippen LogP contribution in [0.4, 0.5) is 0 Å². The monoisotopic (exact) mass is 340 g/mol. The predicted octanol–water partition coefficient (Wildman–Crippen LogP) is 4.19. The average molecular weight is 340 g/mol. The molecule has 1 amide bonds. The second-order valence-electron chi connectivity index (χ2n) is 5.59. The van der Waals surface area contributed by atoms with Crippen molar-refractivity contribution in [1.82, 2.24) is 10.3 Å². The Morgan fingerprint density at radius 3 is 2.96 bits per heavy atom. The molecule has 3 nitrogen and oxygen atoms in total. The van der Waals surface area contributed by atoms with Crippen LogP contribution in [0, 0.1) is 0 Å². The number of carbonyl (C=O) groups excluding carboxylic acids is 1. The number of aromatic nitrogens is 1. The van der Waals surface area contributed by atoms with Crippen LogP contribution in [0.25, 0.3) is 10.2 Å². The Hall–Kier alpha value is -1.85. The molecule has 0 unspecified atom stereocenters. The number of aryl methyl sites for hydroxylation is 1. The largest absolute Gasteiger partial charge is 0.349 e. The molecule has 0 spiro atoms. The van der Waals surface area contributed by atoms with Crippen molar-refractivity contribution in [2.24, 2.45) is 0 Å². The molecule has 23 heavy (non-hydrogen) atoms. The average Bonchev–Trinajstić information content (AvgIpc) is 3.17. The van der Waals surface area contributed by atoms with Gasteiger partial charge in [-0.2, -0.15) is 0 Å². The summed E-state index contributed by atoms with van der Waals surface area (Å²) < 4.78 is 2.12. The van der Waals surface area contributed by atoms with E-state index in [4.69, 9.17) is 0 Å².